The molecule has 0 unspecified atom stereocenters. The van der Waals surface area contributed by atoms with Crippen molar-refractivity contribution in [1.82, 2.24) is 10.3 Å². The average molecular weight is 287 g/mol. The minimum absolute atomic E-state index is 0.0571. The van der Waals surface area contributed by atoms with Crippen LogP contribution < -0.4 is 10.1 Å². The molecule has 6 heteroatoms. The number of hydrogen-bond acceptors (Lipinski definition) is 4. The third-order valence-corrected chi connectivity index (χ3v) is 3.39. The molecule has 0 aliphatic carbocycles. The second kappa shape index (κ2) is 6.13. The maximum Gasteiger partial charge on any atom is 0.142 e. The third-order valence-electron chi connectivity index (χ3n) is 2.21. The summed E-state index contributed by atoms with van der Waals surface area (Å²) in [4.78, 5) is 4.38. The van der Waals surface area contributed by atoms with Gasteiger partial charge in [0, 0.05) is 18.0 Å². The summed E-state index contributed by atoms with van der Waals surface area (Å²) in [6.45, 7) is 1.09. The molecule has 96 valence electrons. The summed E-state index contributed by atoms with van der Waals surface area (Å²) >= 11 is 7.24. The van der Waals surface area contributed by atoms with Crippen molar-refractivity contribution in [3.63, 3.8) is 0 Å². The Morgan fingerprint density at radius 1 is 1.50 bits per heavy atom. The monoisotopic (exact) mass is 286 g/mol. The van der Waals surface area contributed by atoms with Crippen LogP contribution in [0.2, 0.25) is 5.02 Å². The molecule has 0 saturated heterocycles. The first-order chi connectivity index (χ1) is 8.69. The van der Waals surface area contributed by atoms with Gasteiger partial charge in [0.25, 0.3) is 0 Å². The molecule has 0 atom stereocenters. The molecule has 0 amide bonds. The summed E-state index contributed by atoms with van der Waals surface area (Å²) in [6.07, 6.45) is 0. The molecule has 0 spiro atoms. The van der Waals surface area contributed by atoms with Crippen LogP contribution in [-0.2, 0) is 13.2 Å². The number of ether oxygens (including phenoxy) is 1. The number of nitrogens with one attached hydrogen (secondary N) is 1. The summed E-state index contributed by atoms with van der Waals surface area (Å²) in [5, 5.41) is 6.04. The van der Waals surface area contributed by atoms with E-state index < -0.39 is 5.82 Å². The lowest BCUT2D eigenvalue weighted by atomic mass is 10.3. The SMILES string of the molecule is CNCc1nc(COc2ccc(F)c(Cl)c2)cs1. The summed E-state index contributed by atoms with van der Waals surface area (Å²) < 4.78 is 18.4. The van der Waals surface area contributed by atoms with Gasteiger partial charge in [-0.2, -0.15) is 0 Å². The summed E-state index contributed by atoms with van der Waals surface area (Å²) in [6, 6.07) is 4.28. The van der Waals surface area contributed by atoms with Gasteiger partial charge >= 0.3 is 0 Å². The van der Waals surface area contributed by atoms with E-state index in [0.717, 1.165) is 17.2 Å². The maximum absolute atomic E-state index is 12.9. The number of benzene rings is 1. The largest absolute Gasteiger partial charge is 0.487 e. The first kappa shape index (κ1) is 13.3. The quantitative estimate of drug-likeness (QED) is 0.916. The van der Waals surface area contributed by atoms with E-state index in [0.29, 0.717) is 12.4 Å². The van der Waals surface area contributed by atoms with Crippen LogP contribution in [-0.4, -0.2) is 12.0 Å². The number of hydrogen-bond donors (Lipinski definition) is 1. The predicted octanol–water partition coefficient (Wildman–Crippen LogP) is 3.23. The van der Waals surface area contributed by atoms with Crippen molar-refractivity contribution < 1.29 is 9.13 Å². The van der Waals surface area contributed by atoms with E-state index in [1.54, 1.807) is 17.4 Å². The Kier molecular flexibility index (Phi) is 4.52. The minimum Gasteiger partial charge on any atom is -0.487 e. The van der Waals surface area contributed by atoms with Gasteiger partial charge in [-0.05, 0) is 19.2 Å². The van der Waals surface area contributed by atoms with Crippen LogP contribution in [0, 0.1) is 5.82 Å². The van der Waals surface area contributed by atoms with E-state index in [2.05, 4.69) is 10.3 Å². The zero-order valence-electron chi connectivity index (χ0n) is 9.74. The Bertz CT molecular complexity index is 533. The fourth-order valence-electron chi connectivity index (χ4n) is 1.37. The summed E-state index contributed by atoms with van der Waals surface area (Å²) in [5.41, 5.74) is 0.852. The molecule has 0 saturated carbocycles. The molecule has 0 aliphatic rings. The van der Waals surface area contributed by atoms with Crippen LogP contribution in [0.5, 0.6) is 5.75 Å². The number of nitrogens with zero attached hydrogens (tertiary/aromatic N) is 1. The van der Waals surface area contributed by atoms with Gasteiger partial charge in [-0.3, -0.25) is 0 Å². The first-order valence-electron chi connectivity index (χ1n) is 5.35. The lowest BCUT2D eigenvalue weighted by molar-refractivity contribution is 0.301. The Morgan fingerprint density at radius 3 is 3.06 bits per heavy atom. The fourth-order valence-corrected chi connectivity index (χ4v) is 2.33. The minimum atomic E-state index is -0.450. The van der Waals surface area contributed by atoms with E-state index in [-0.39, 0.29) is 5.02 Å². The Hall–Kier alpha value is -1.17. The smallest absolute Gasteiger partial charge is 0.142 e. The second-order valence-corrected chi connectivity index (χ2v) is 4.98. The summed E-state index contributed by atoms with van der Waals surface area (Å²) in [7, 11) is 1.87. The van der Waals surface area contributed by atoms with Crippen LogP contribution in [0.15, 0.2) is 23.6 Å². The predicted molar refractivity (Wildman–Crippen MR) is 70.6 cm³/mol. The third kappa shape index (κ3) is 3.41. The Balaban J connectivity index is 1.95. The molecule has 2 rings (SSSR count). The van der Waals surface area contributed by atoms with Crippen LogP contribution in [0.25, 0.3) is 0 Å². The average Bonchev–Trinajstić information content (AvgIpc) is 2.79. The highest BCUT2D eigenvalue weighted by atomic mass is 35.5. The standard InChI is InChI=1S/C12H12ClFN2OS/c1-15-5-12-16-8(7-18-12)6-17-9-2-3-11(14)10(13)4-9/h2-4,7,15H,5-6H2,1H3. The fraction of sp³-hybridized carbons (Fsp3) is 0.250. The molecule has 0 aliphatic heterocycles. The zero-order chi connectivity index (χ0) is 13.0. The molecule has 1 N–H and O–H groups in total. The van der Waals surface area contributed by atoms with Crippen molar-refractivity contribution in [2.75, 3.05) is 7.05 Å². The highest BCUT2D eigenvalue weighted by Gasteiger charge is 2.04. The van der Waals surface area contributed by atoms with Gasteiger partial charge in [0.05, 0.1) is 10.7 Å². The van der Waals surface area contributed by atoms with E-state index in [1.165, 1.54) is 12.1 Å². The summed E-state index contributed by atoms with van der Waals surface area (Å²) in [5.74, 6) is 0.0820. The lowest BCUT2D eigenvalue weighted by Gasteiger charge is -2.04. The lowest BCUT2D eigenvalue weighted by Crippen LogP contribution is -2.05. The topological polar surface area (TPSA) is 34.2 Å². The molecule has 1 heterocycles. The molecular formula is C12H12ClFN2OS. The van der Waals surface area contributed by atoms with Gasteiger partial charge in [-0.15, -0.1) is 11.3 Å². The van der Waals surface area contributed by atoms with Crippen molar-refractivity contribution in [1.29, 1.82) is 0 Å². The van der Waals surface area contributed by atoms with E-state index in [9.17, 15) is 4.39 Å². The van der Waals surface area contributed by atoms with Gasteiger partial charge in [-0.25, -0.2) is 9.37 Å². The number of aromatic nitrogens is 1. The van der Waals surface area contributed by atoms with Crippen molar-refractivity contribution >= 4 is 22.9 Å². The van der Waals surface area contributed by atoms with Crippen molar-refractivity contribution in [3.8, 4) is 5.75 Å². The number of halogens is 2. The highest BCUT2D eigenvalue weighted by molar-refractivity contribution is 7.09. The number of rotatable bonds is 5. The first-order valence-corrected chi connectivity index (χ1v) is 6.60. The molecular weight excluding hydrogens is 275 g/mol. The normalized spacial score (nSPS) is 10.6. The molecule has 1 aromatic carbocycles. The molecule has 2 aromatic rings. The van der Waals surface area contributed by atoms with Crippen LogP contribution >= 0.6 is 22.9 Å². The molecule has 3 nitrogen and oxygen atoms in total. The van der Waals surface area contributed by atoms with Gasteiger partial charge in [0.1, 0.15) is 23.2 Å². The van der Waals surface area contributed by atoms with Crippen LogP contribution in [0.1, 0.15) is 10.7 Å². The second-order valence-electron chi connectivity index (χ2n) is 3.63. The molecule has 0 fully saturated rings. The van der Waals surface area contributed by atoms with Crippen molar-refractivity contribution in [3.05, 3.63) is 45.1 Å². The molecule has 0 bridgehead atoms. The Morgan fingerprint density at radius 2 is 2.33 bits per heavy atom. The van der Waals surface area contributed by atoms with E-state index >= 15 is 0 Å². The zero-order valence-corrected chi connectivity index (χ0v) is 11.3. The van der Waals surface area contributed by atoms with Gasteiger partial charge in [-0.1, -0.05) is 11.6 Å². The van der Waals surface area contributed by atoms with E-state index in [4.69, 9.17) is 16.3 Å². The molecule has 18 heavy (non-hydrogen) atoms. The van der Waals surface area contributed by atoms with Crippen LogP contribution in [0.3, 0.4) is 0 Å². The molecule has 0 radical (unpaired) electrons. The van der Waals surface area contributed by atoms with Gasteiger partial charge in [0.2, 0.25) is 0 Å². The van der Waals surface area contributed by atoms with Gasteiger partial charge < -0.3 is 10.1 Å². The van der Waals surface area contributed by atoms with Crippen molar-refractivity contribution in [2.24, 2.45) is 0 Å². The highest BCUT2D eigenvalue weighted by Crippen LogP contribution is 2.22. The van der Waals surface area contributed by atoms with Crippen molar-refractivity contribution in [2.45, 2.75) is 13.2 Å². The molecule has 1 aromatic heterocycles. The van der Waals surface area contributed by atoms with Gasteiger partial charge in [0.15, 0.2) is 0 Å². The number of thiazole rings is 1. The maximum atomic E-state index is 12.9. The van der Waals surface area contributed by atoms with Crippen LogP contribution in [0.4, 0.5) is 4.39 Å². The Labute approximate surface area is 114 Å². The van der Waals surface area contributed by atoms with E-state index in [1.807, 2.05) is 12.4 Å².